The van der Waals surface area contributed by atoms with E-state index in [2.05, 4.69) is 4.90 Å². The lowest BCUT2D eigenvalue weighted by Crippen LogP contribution is -2.54. The molecule has 1 atom stereocenters. The van der Waals surface area contributed by atoms with Crippen LogP contribution < -0.4 is 9.64 Å². The van der Waals surface area contributed by atoms with Gasteiger partial charge in [-0.1, -0.05) is 6.07 Å². The fourth-order valence-corrected chi connectivity index (χ4v) is 4.60. The van der Waals surface area contributed by atoms with Gasteiger partial charge in [-0.3, -0.25) is 19.3 Å². The van der Waals surface area contributed by atoms with E-state index >= 15 is 0 Å². The molecule has 3 fully saturated rings. The summed E-state index contributed by atoms with van der Waals surface area (Å²) in [5.74, 6) is 0.292. The predicted molar refractivity (Wildman–Crippen MR) is 119 cm³/mol. The van der Waals surface area contributed by atoms with Crippen molar-refractivity contribution in [3.05, 3.63) is 23.8 Å². The monoisotopic (exact) mass is 444 g/mol. The van der Waals surface area contributed by atoms with Crippen LogP contribution in [-0.4, -0.2) is 105 Å². The van der Waals surface area contributed by atoms with Crippen LogP contribution in [0.2, 0.25) is 0 Å². The number of hydrogen-bond donors (Lipinski definition) is 0. The van der Waals surface area contributed by atoms with Crippen molar-refractivity contribution in [1.29, 1.82) is 0 Å². The number of hydrogen-bond acceptors (Lipinski definition) is 6. The fraction of sp³-hybridized carbons (Fsp3) is 0.609. The summed E-state index contributed by atoms with van der Waals surface area (Å²) in [6.45, 7) is 7.70. The summed E-state index contributed by atoms with van der Waals surface area (Å²) < 4.78 is 10.8. The number of carbonyl (C=O) groups is 3. The van der Waals surface area contributed by atoms with Crippen LogP contribution >= 0.6 is 0 Å². The SMILES string of the molecule is COc1ccc(C)cc1N1CC(C(=O)N2CCN(C(=O)CN3CCOCC3)CC2)CC1=O. The number of benzene rings is 1. The summed E-state index contributed by atoms with van der Waals surface area (Å²) in [5.41, 5.74) is 1.74. The normalized spacial score (nSPS) is 22.4. The summed E-state index contributed by atoms with van der Waals surface area (Å²) in [6, 6.07) is 5.70. The highest BCUT2D eigenvalue weighted by atomic mass is 16.5. The van der Waals surface area contributed by atoms with Crippen molar-refractivity contribution in [2.45, 2.75) is 13.3 Å². The van der Waals surface area contributed by atoms with Gasteiger partial charge in [0.05, 0.1) is 38.5 Å². The van der Waals surface area contributed by atoms with E-state index in [1.54, 1.807) is 16.9 Å². The van der Waals surface area contributed by atoms with Crippen molar-refractivity contribution < 1.29 is 23.9 Å². The van der Waals surface area contributed by atoms with E-state index in [1.807, 2.05) is 30.0 Å². The summed E-state index contributed by atoms with van der Waals surface area (Å²) in [6.07, 6.45) is 0.201. The Bertz CT molecular complexity index is 862. The van der Waals surface area contributed by atoms with Crippen LogP contribution in [0.5, 0.6) is 5.75 Å². The molecule has 0 N–H and O–H groups in total. The first kappa shape index (κ1) is 22.5. The molecule has 0 aromatic heterocycles. The molecular formula is C23H32N4O5. The molecule has 0 radical (unpaired) electrons. The van der Waals surface area contributed by atoms with Gasteiger partial charge in [0, 0.05) is 52.2 Å². The third-order valence-corrected chi connectivity index (χ3v) is 6.51. The molecule has 3 heterocycles. The maximum absolute atomic E-state index is 13.1. The number of methoxy groups -OCH3 is 1. The van der Waals surface area contributed by atoms with Crippen LogP contribution in [0.25, 0.3) is 0 Å². The number of anilines is 1. The van der Waals surface area contributed by atoms with Crippen LogP contribution in [0.1, 0.15) is 12.0 Å². The van der Waals surface area contributed by atoms with E-state index in [1.165, 1.54) is 0 Å². The highest BCUT2D eigenvalue weighted by molar-refractivity contribution is 6.01. The molecule has 3 amide bonds. The summed E-state index contributed by atoms with van der Waals surface area (Å²) >= 11 is 0. The molecule has 3 aliphatic rings. The highest BCUT2D eigenvalue weighted by Crippen LogP contribution is 2.34. The standard InChI is InChI=1S/C23H32N4O5/c1-17-3-4-20(31-2)19(13-17)27-15-18(14-21(27)28)23(30)26-7-5-25(6-8-26)22(29)16-24-9-11-32-12-10-24/h3-4,13,18H,5-12,14-16H2,1-2H3. The first-order valence-electron chi connectivity index (χ1n) is 11.3. The number of carbonyl (C=O) groups excluding carboxylic acids is 3. The van der Waals surface area contributed by atoms with E-state index in [0.717, 1.165) is 18.7 Å². The third kappa shape index (κ3) is 4.88. The van der Waals surface area contributed by atoms with Gasteiger partial charge < -0.3 is 24.2 Å². The van der Waals surface area contributed by atoms with Crippen molar-refractivity contribution in [3.8, 4) is 5.75 Å². The Kier molecular flexibility index (Phi) is 6.95. The third-order valence-electron chi connectivity index (χ3n) is 6.51. The quantitative estimate of drug-likeness (QED) is 0.652. The molecule has 1 unspecified atom stereocenters. The average Bonchev–Trinajstić information content (AvgIpc) is 3.20. The lowest BCUT2D eigenvalue weighted by atomic mass is 10.1. The van der Waals surface area contributed by atoms with E-state index in [0.29, 0.717) is 63.9 Å². The van der Waals surface area contributed by atoms with Gasteiger partial charge in [-0.05, 0) is 24.6 Å². The summed E-state index contributed by atoms with van der Waals surface area (Å²) in [4.78, 5) is 45.9. The maximum atomic E-state index is 13.1. The topological polar surface area (TPSA) is 82.6 Å². The van der Waals surface area contributed by atoms with Gasteiger partial charge in [-0.25, -0.2) is 0 Å². The molecule has 174 valence electrons. The molecule has 0 spiro atoms. The molecule has 32 heavy (non-hydrogen) atoms. The zero-order chi connectivity index (χ0) is 22.7. The van der Waals surface area contributed by atoms with Gasteiger partial charge in [-0.2, -0.15) is 0 Å². The minimum Gasteiger partial charge on any atom is -0.495 e. The molecule has 0 bridgehead atoms. The minimum absolute atomic E-state index is 0.00671. The van der Waals surface area contributed by atoms with Crippen molar-refractivity contribution in [1.82, 2.24) is 14.7 Å². The Morgan fingerprint density at radius 2 is 1.75 bits per heavy atom. The first-order chi connectivity index (χ1) is 15.5. The second-order valence-electron chi connectivity index (χ2n) is 8.68. The summed E-state index contributed by atoms with van der Waals surface area (Å²) in [7, 11) is 1.58. The zero-order valence-electron chi connectivity index (χ0n) is 18.9. The average molecular weight is 445 g/mol. The highest BCUT2D eigenvalue weighted by Gasteiger charge is 2.39. The van der Waals surface area contributed by atoms with Gasteiger partial charge in [0.15, 0.2) is 0 Å². The second-order valence-corrected chi connectivity index (χ2v) is 8.68. The van der Waals surface area contributed by atoms with Crippen molar-refractivity contribution in [3.63, 3.8) is 0 Å². The predicted octanol–water partition coefficient (Wildman–Crippen LogP) is 0.360. The molecular weight excluding hydrogens is 412 g/mol. The molecule has 3 aliphatic heterocycles. The first-order valence-corrected chi connectivity index (χ1v) is 11.3. The van der Waals surface area contributed by atoms with Gasteiger partial charge >= 0.3 is 0 Å². The Morgan fingerprint density at radius 1 is 1.06 bits per heavy atom. The van der Waals surface area contributed by atoms with Crippen molar-refractivity contribution >= 4 is 23.4 Å². The summed E-state index contributed by atoms with van der Waals surface area (Å²) in [5, 5.41) is 0. The van der Waals surface area contributed by atoms with Gasteiger partial charge in [0.2, 0.25) is 17.7 Å². The fourth-order valence-electron chi connectivity index (χ4n) is 4.60. The molecule has 9 heteroatoms. The van der Waals surface area contributed by atoms with Crippen LogP contribution in [0.3, 0.4) is 0 Å². The minimum atomic E-state index is -0.372. The second kappa shape index (κ2) is 9.87. The smallest absolute Gasteiger partial charge is 0.236 e. The van der Waals surface area contributed by atoms with Gasteiger partial charge in [-0.15, -0.1) is 0 Å². The number of amides is 3. The largest absolute Gasteiger partial charge is 0.495 e. The number of rotatable bonds is 5. The molecule has 9 nitrogen and oxygen atoms in total. The van der Waals surface area contributed by atoms with Crippen molar-refractivity contribution in [2.24, 2.45) is 5.92 Å². The maximum Gasteiger partial charge on any atom is 0.236 e. The molecule has 1 aromatic rings. The van der Waals surface area contributed by atoms with Crippen molar-refractivity contribution in [2.75, 3.05) is 77.6 Å². The zero-order valence-corrected chi connectivity index (χ0v) is 18.9. The number of morpholine rings is 1. The lowest BCUT2D eigenvalue weighted by molar-refractivity contribution is -0.142. The van der Waals surface area contributed by atoms with E-state index in [-0.39, 0.29) is 30.1 Å². The van der Waals surface area contributed by atoms with Crippen LogP contribution in [0.4, 0.5) is 5.69 Å². The van der Waals surface area contributed by atoms with E-state index in [9.17, 15) is 14.4 Å². The Hall–Kier alpha value is -2.65. The molecule has 0 aliphatic carbocycles. The van der Waals surface area contributed by atoms with Crippen LogP contribution in [0, 0.1) is 12.8 Å². The number of piperazine rings is 1. The molecule has 0 saturated carbocycles. The van der Waals surface area contributed by atoms with Crippen LogP contribution in [0.15, 0.2) is 18.2 Å². The van der Waals surface area contributed by atoms with Crippen LogP contribution in [-0.2, 0) is 19.1 Å². The number of aryl methyl sites for hydroxylation is 1. The van der Waals surface area contributed by atoms with E-state index in [4.69, 9.17) is 9.47 Å². The number of nitrogens with zero attached hydrogens (tertiary/aromatic N) is 4. The molecule has 4 rings (SSSR count). The Labute approximate surface area is 188 Å². The molecule has 3 saturated heterocycles. The molecule has 1 aromatic carbocycles. The lowest BCUT2D eigenvalue weighted by Gasteiger charge is -2.37. The van der Waals surface area contributed by atoms with E-state index < -0.39 is 0 Å². The Balaban J connectivity index is 1.31. The number of ether oxygens (including phenoxy) is 2. The van der Waals surface area contributed by atoms with Gasteiger partial charge in [0.1, 0.15) is 5.75 Å². The Morgan fingerprint density at radius 3 is 2.44 bits per heavy atom. The van der Waals surface area contributed by atoms with Gasteiger partial charge in [0.25, 0.3) is 0 Å².